The van der Waals surface area contributed by atoms with Crippen molar-refractivity contribution >= 4 is 11.9 Å². The van der Waals surface area contributed by atoms with Gasteiger partial charge in [0.2, 0.25) is 5.91 Å². The Morgan fingerprint density at radius 3 is 2.28 bits per heavy atom. The summed E-state index contributed by atoms with van der Waals surface area (Å²) >= 11 is 0. The highest BCUT2D eigenvalue weighted by Gasteiger charge is 2.19. The quantitative estimate of drug-likeness (QED) is 0.844. The standard InChI is InChI=1S/C13H16FNO3/c1-8(2)13(18)15-11(7-12(16)17)9-3-5-10(14)6-4-9/h3-6,8,11H,7H2,1-2H3,(H,15,18)(H,16,17). The number of hydrogen-bond acceptors (Lipinski definition) is 2. The summed E-state index contributed by atoms with van der Waals surface area (Å²) in [6, 6.07) is 4.79. The van der Waals surface area contributed by atoms with Crippen molar-refractivity contribution in [3.8, 4) is 0 Å². The van der Waals surface area contributed by atoms with Crippen molar-refractivity contribution in [3.63, 3.8) is 0 Å². The summed E-state index contributed by atoms with van der Waals surface area (Å²) in [7, 11) is 0. The highest BCUT2D eigenvalue weighted by Crippen LogP contribution is 2.18. The number of carboxylic acids is 1. The van der Waals surface area contributed by atoms with Crippen LogP contribution in [0.3, 0.4) is 0 Å². The number of nitrogens with one attached hydrogen (secondary N) is 1. The van der Waals surface area contributed by atoms with Gasteiger partial charge < -0.3 is 10.4 Å². The topological polar surface area (TPSA) is 66.4 Å². The fourth-order valence-electron chi connectivity index (χ4n) is 1.46. The van der Waals surface area contributed by atoms with Crippen LogP contribution >= 0.6 is 0 Å². The molecule has 98 valence electrons. The van der Waals surface area contributed by atoms with Crippen LogP contribution in [-0.2, 0) is 9.59 Å². The van der Waals surface area contributed by atoms with Crippen LogP contribution < -0.4 is 5.32 Å². The van der Waals surface area contributed by atoms with Crippen LogP contribution in [0.15, 0.2) is 24.3 Å². The number of aliphatic carboxylic acids is 1. The van der Waals surface area contributed by atoms with Gasteiger partial charge in [-0.2, -0.15) is 0 Å². The van der Waals surface area contributed by atoms with Gasteiger partial charge in [0.1, 0.15) is 5.82 Å². The molecule has 0 aliphatic rings. The smallest absolute Gasteiger partial charge is 0.305 e. The first-order valence-electron chi connectivity index (χ1n) is 5.67. The number of carbonyl (C=O) groups excluding carboxylic acids is 1. The second-order valence-electron chi connectivity index (χ2n) is 4.37. The predicted molar refractivity (Wildman–Crippen MR) is 64.4 cm³/mol. The lowest BCUT2D eigenvalue weighted by atomic mass is 10.0. The van der Waals surface area contributed by atoms with Gasteiger partial charge in [-0.15, -0.1) is 0 Å². The molecule has 5 heteroatoms. The zero-order chi connectivity index (χ0) is 13.7. The van der Waals surface area contributed by atoms with E-state index in [9.17, 15) is 14.0 Å². The Morgan fingerprint density at radius 1 is 1.28 bits per heavy atom. The van der Waals surface area contributed by atoms with Crippen LogP contribution in [0.2, 0.25) is 0 Å². The molecule has 1 rings (SSSR count). The maximum absolute atomic E-state index is 12.8. The molecule has 4 nitrogen and oxygen atoms in total. The second-order valence-corrected chi connectivity index (χ2v) is 4.37. The molecule has 1 unspecified atom stereocenters. The van der Waals surface area contributed by atoms with Crippen molar-refractivity contribution < 1.29 is 19.1 Å². The van der Waals surface area contributed by atoms with E-state index in [1.165, 1.54) is 24.3 Å². The Kier molecular flexibility index (Phi) is 4.83. The molecule has 1 atom stereocenters. The molecule has 0 aromatic heterocycles. The predicted octanol–water partition coefficient (Wildman–Crippen LogP) is 2.11. The van der Waals surface area contributed by atoms with Gasteiger partial charge in [0.15, 0.2) is 0 Å². The fraction of sp³-hybridized carbons (Fsp3) is 0.385. The molecule has 0 radical (unpaired) electrons. The molecule has 0 saturated carbocycles. The maximum atomic E-state index is 12.8. The Balaban J connectivity index is 2.87. The van der Waals surface area contributed by atoms with E-state index < -0.39 is 17.8 Å². The summed E-state index contributed by atoms with van der Waals surface area (Å²) in [6.07, 6.45) is -0.232. The van der Waals surface area contributed by atoms with Crippen LogP contribution in [0, 0.1) is 11.7 Å². The van der Waals surface area contributed by atoms with Crippen LogP contribution in [0.4, 0.5) is 4.39 Å². The summed E-state index contributed by atoms with van der Waals surface area (Å²) < 4.78 is 12.8. The van der Waals surface area contributed by atoms with E-state index in [2.05, 4.69) is 5.32 Å². The van der Waals surface area contributed by atoms with Crippen molar-refractivity contribution in [1.82, 2.24) is 5.32 Å². The summed E-state index contributed by atoms with van der Waals surface area (Å²) in [6.45, 7) is 3.44. The first-order valence-corrected chi connectivity index (χ1v) is 5.67. The lowest BCUT2D eigenvalue weighted by Crippen LogP contribution is -2.33. The monoisotopic (exact) mass is 253 g/mol. The molecule has 0 aliphatic carbocycles. The van der Waals surface area contributed by atoms with Crippen LogP contribution in [0.1, 0.15) is 31.9 Å². The molecule has 0 bridgehead atoms. The summed E-state index contributed by atoms with van der Waals surface area (Å²) in [4.78, 5) is 22.4. The third-order valence-corrected chi connectivity index (χ3v) is 2.49. The Hall–Kier alpha value is -1.91. The normalized spacial score (nSPS) is 12.2. The number of halogens is 1. The molecule has 0 spiro atoms. The van der Waals surface area contributed by atoms with Crippen LogP contribution in [0.5, 0.6) is 0 Å². The second kappa shape index (κ2) is 6.14. The van der Waals surface area contributed by atoms with E-state index in [0.29, 0.717) is 5.56 Å². The van der Waals surface area contributed by atoms with Crippen LogP contribution in [-0.4, -0.2) is 17.0 Å². The minimum absolute atomic E-state index is 0.231. The molecular formula is C13H16FNO3. The third kappa shape index (κ3) is 4.16. The van der Waals surface area contributed by atoms with Gasteiger partial charge in [-0.3, -0.25) is 9.59 Å². The SMILES string of the molecule is CC(C)C(=O)NC(CC(=O)O)c1ccc(F)cc1. The van der Waals surface area contributed by atoms with Crippen molar-refractivity contribution in [2.75, 3.05) is 0 Å². The number of carboxylic acid groups (broad SMARTS) is 1. The Labute approximate surface area is 105 Å². The van der Waals surface area contributed by atoms with E-state index in [1.807, 2.05) is 0 Å². The van der Waals surface area contributed by atoms with Gasteiger partial charge in [0.05, 0.1) is 12.5 Å². The molecule has 18 heavy (non-hydrogen) atoms. The van der Waals surface area contributed by atoms with E-state index in [1.54, 1.807) is 13.8 Å². The molecular weight excluding hydrogens is 237 g/mol. The highest BCUT2D eigenvalue weighted by atomic mass is 19.1. The lowest BCUT2D eigenvalue weighted by molar-refractivity contribution is -0.137. The molecule has 0 aliphatic heterocycles. The highest BCUT2D eigenvalue weighted by molar-refractivity contribution is 5.79. The minimum Gasteiger partial charge on any atom is -0.481 e. The van der Waals surface area contributed by atoms with Gasteiger partial charge in [0.25, 0.3) is 0 Å². The average molecular weight is 253 g/mol. The van der Waals surface area contributed by atoms with Crippen molar-refractivity contribution in [1.29, 1.82) is 0 Å². The Morgan fingerprint density at radius 2 is 1.83 bits per heavy atom. The number of carbonyl (C=O) groups is 2. The van der Waals surface area contributed by atoms with Gasteiger partial charge >= 0.3 is 5.97 Å². The maximum Gasteiger partial charge on any atom is 0.305 e. The van der Waals surface area contributed by atoms with Gasteiger partial charge in [-0.05, 0) is 17.7 Å². The molecule has 0 heterocycles. The molecule has 0 saturated heterocycles. The zero-order valence-corrected chi connectivity index (χ0v) is 10.3. The van der Waals surface area contributed by atoms with Gasteiger partial charge in [-0.25, -0.2) is 4.39 Å². The third-order valence-electron chi connectivity index (χ3n) is 2.49. The first kappa shape index (κ1) is 14.2. The number of hydrogen-bond donors (Lipinski definition) is 2. The van der Waals surface area contributed by atoms with E-state index in [0.717, 1.165) is 0 Å². The first-order chi connectivity index (χ1) is 8.40. The molecule has 1 aromatic carbocycles. The van der Waals surface area contributed by atoms with E-state index >= 15 is 0 Å². The summed E-state index contributed by atoms with van der Waals surface area (Å²) in [5.74, 6) is -1.89. The Bertz CT molecular complexity index is 428. The minimum atomic E-state index is -1.02. The summed E-state index contributed by atoms with van der Waals surface area (Å²) in [5.41, 5.74) is 0.577. The van der Waals surface area contributed by atoms with Crippen molar-refractivity contribution in [2.24, 2.45) is 5.92 Å². The molecule has 1 amide bonds. The molecule has 2 N–H and O–H groups in total. The molecule has 0 fully saturated rings. The largest absolute Gasteiger partial charge is 0.481 e. The molecule has 1 aromatic rings. The average Bonchev–Trinajstić information content (AvgIpc) is 2.28. The summed E-state index contributed by atoms with van der Waals surface area (Å²) in [5, 5.41) is 11.5. The van der Waals surface area contributed by atoms with E-state index in [-0.39, 0.29) is 18.2 Å². The number of rotatable bonds is 5. The fourth-order valence-corrected chi connectivity index (χ4v) is 1.46. The van der Waals surface area contributed by atoms with Gasteiger partial charge in [-0.1, -0.05) is 26.0 Å². The number of benzene rings is 1. The number of amides is 1. The van der Waals surface area contributed by atoms with E-state index in [4.69, 9.17) is 5.11 Å². The van der Waals surface area contributed by atoms with Crippen molar-refractivity contribution in [3.05, 3.63) is 35.6 Å². The lowest BCUT2D eigenvalue weighted by Gasteiger charge is -2.18. The van der Waals surface area contributed by atoms with Crippen molar-refractivity contribution in [2.45, 2.75) is 26.3 Å². The van der Waals surface area contributed by atoms with Gasteiger partial charge in [0, 0.05) is 5.92 Å². The zero-order valence-electron chi connectivity index (χ0n) is 10.3. The van der Waals surface area contributed by atoms with Crippen LogP contribution in [0.25, 0.3) is 0 Å².